The Morgan fingerprint density at radius 2 is 2.06 bits per heavy atom. The van der Waals surface area contributed by atoms with E-state index >= 15 is 0 Å². The van der Waals surface area contributed by atoms with Crippen molar-refractivity contribution in [2.24, 2.45) is 0 Å². The number of hydrogen-bond donors (Lipinski definition) is 2. The smallest absolute Gasteiger partial charge is 0.175 e. The van der Waals surface area contributed by atoms with Gasteiger partial charge in [-0.1, -0.05) is 6.07 Å². The molecule has 88 valence electrons. The molecule has 5 heteroatoms. The van der Waals surface area contributed by atoms with Gasteiger partial charge in [0.2, 0.25) is 0 Å². The average Bonchev–Trinajstić information content (AvgIpc) is 2.11. The topological polar surface area (TPSA) is 58.2 Å². The molecule has 2 N–H and O–H groups in total. The predicted octanol–water partition coefficient (Wildman–Crippen LogP) is 0.782. The predicted molar refractivity (Wildman–Crippen MR) is 64.6 cm³/mol. The number of benzene rings is 1. The van der Waals surface area contributed by atoms with Crippen molar-refractivity contribution in [1.29, 1.82) is 0 Å². The van der Waals surface area contributed by atoms with Gasteiger partial charge in [-0.05, 0) is 24.6 Å². The molecular formula is C11H16N2O2S. The van der Waals surface area contributed by atoms with Crippen LogP contribution in [-0.4, -0.2) is 33.8 Å². The molecule has 4 nitrogen and oxygen atoms in total. The van der Waals surface area contributed by atoms with E-state index in [0.717, 1.165) is 24.3 Å². The van der Waals surface area contributed by atoms with Crippen LogP contribution >= 0.6 is 0 Å². The summed E-state index contributed by atoms with van der Waals surface area (Å²) in [6.45, 7) is 3.84. The van der Waals surface area contributed by atoms with Crippen LogP contribution in [0.2, 0.25) is 0 Å². The Morgan fingerprint density at radius 3 is 2.56 bits per heavy atom. The molecule has 0 bridgehead atoms. The van der Waals surface area contributed by atoms with Crippen molar-refractivity contribution in [2.75, 3.05) is 24.7 Å². The van der Waals surface area contributed by atoms with Crippen LogP contribution in [0.3, 0.4) is 0 Å². The lowest BCUT2D eigenvalue weighted by atomic mass is 10.1. The molecule has 0 unspecified atom stereocenters. The molecule has 0 amide bonds. The van der Waals surface area contributed by atoms with E-state index in [1.54, 1.807) is 12.1 Å². The first-order chi connectivity index (χ1) is 7.47. The summed E-state index contributed by atoms with van der Waals surface area (Å²) < 4.78 is 22.9. The van der Waals surface area contributed by atoms with Gasteiger partial charge in [0.05, 0.1) is 10.9 Å². The van der Waals surface area contributed by atoms with Gasteiger partial charge in [-0.25, -0.2) is 8.42 Å². The van der Waals surface area contributed by atoms with E-state index in [1.807, 2.05) is 13.0 Å². The second-order valence-electron chi connectivity index (χ2n) is 4.25. The van der Waals surface area contributed by atoms with Gasteiger partial charge in [0, 0.05) is 25.0 Å². The third kappa shape index (κ3) is 2.36. The summed E-state index contributed by atoms with van der Waals surface area (Å²) in [6.07, 6.45) is 1.23. The first-order valence-corrected chi connectivity index (χ1v) is 7.14. The Kier molecular flexibility index (Phi) is 2.90. The molecule has 0 radical (unpaired) electrons. The maximum atomic E-state index is 11.4. The van der Waals surface area contributed by atoms with E-state index in [-0.39, 0.29) is 0 Å². The average molecular weight is 240 g/mol. The van der Waals surface area contributed by atoms with Crippen molar-refractivity contribution in [2.45, 2.75) is 17.9 Å². The van der Waals surface area contributed by atoms with Gasteiger partial charge in [-0.15, -0.1) is 0 Å². The molecule has 16 heavy (non-hydrogen) atoms. The first kappa shape index (κ1) is 11.4. The third-order valence-electron chi connectivity index (χ3n) is 2.78. The van der Waals surface area contributed by atoms with Crippen molar-refractivity contribution in [3.05, 3.63) is 23.8 Å². The minimum Gasteiger partial charge on any atom is -0.379 e. The molecule has 2 rings (SSSR count). The van der Waals surface area contributed by atoms with Crippen molar-refractivity contribution in [1.82, 2.24) is 5.32 Å². The lowest BCUT2D eigenvalue weighted by molar-refractivity contribution is 0.472. The van der Waals surface area contributed by atoms with E-state index in [1.165, 1.54) is 6.26 Å². The molecule has 1 aliphatic rings. The monoisotopic (exact) mass is 240 g/mol. The quantitative estimate of drug-likeness (QED) is 0.820. The maximum absolute atomic E-state index is 11.4. The number of nitrogens with one attached hydrogen (secondary N) is 2. The zero-order chi connectivity index (χ0) is 11.8. The highest BCUT2D eigenvalue weighted by atomic mass is 32.2. The Morgan fingerprint density at radius 1 is 1.38 bits per heavy atom. The second kappa shape index (κ2) is 4.07. The van der Waals surface area contributed by atoms with Crippen molar-refractivity contribution in [3.63, 3.8) is 0 Å². The van der Waals surface area contributed by atoms with Gasteiger partial charge in [-0.3, -0.25) is 0 Å². The Hall–Kier alpha value is -1.07. The van der Waals surface area contributed by atoms with Crippen LogP contribution in [0.4, 0.5) is 5.69 Å². The molecule has 0 aliphatic carbocycles. The normalized spacial score (nSPS) is 16.9. The summed E-state index contributed by atoms with van der Waals surface area (Å²) in [6, 6.07) is 5.61. The largest absolute Gasteiger partial charge is 0.379 e. The molecule has 0 aromatic heterocycles. The zero-order valence-corrected chi connectivity index (χ0v) is 10.3. The van der Waals surface area contributed by atoms with Crippen molar-refractivity contribution < 1.29 is 8.42 Å². The summed E-state index contributed by atoms with van der Waals surface area (Å²) >= 11 is 0. The number of sulfone groups is 1. The van der Waals surface area contributed by atoms with E-state index in [4.69, 9.17) is 0 Å². The van der Waals surface area contributed by atoms with Crippen molar-refractivity contribution in [3.8, 4) is 0 Å². The van der Waals surface area contributed by atoms with E-state index in [0.29, 0.717) is 10.9 Å². The summed E-state index contributed by atoms with van der Waals surface area (Å²) in [5, 5.41) is 6.50. The van der Waals surface area contributed by atoms with Crippen LogP contribution < -0.4 is 10.6 Å². The molecule has 1 aliphatic heterocycles. The third-order valence-corrected chi connectivity index (χ3v) is 3.89. The number of anilines is 1. The summed E-state index contributed by atoms with van der Waals surface area (Å²) in [7, 11) is -3.12. The Balaban J connectivity index is 2.28. The van der Waals surface area contributed by atoms with Crippen molar-refractivity contribution >= 4 is 15.5 Å². The Labute approximate surface area is 96.0 Å². The molecule has 0 saturated carbocycles. The standard InChI is InChI=1S/C11H16N2O2S/c1-8-3-4-10(16(2,14)15)5-11(8)13-9-6-12-7-9/h3-5,9,12-13H,6-7H2,1-2H3. The Bertz CT molecular complexity index is 493. The molecular weight excluding hydrogens is 224 g/mol. The SMILES string of the molecule is Cc1ccc(S(C)(=O)=O)cc1NC1CNC1. The number of aryl methyl sites for hydroxylation is 1. The highest BCUT2D eigenvalue weighted by Gasteiger charge is 2.17. The molecule has 1 heterocycles. The van der Waals surface area contributed by atoms with Crippen LogP contribution in [0.5, 0.6) is 0 Å². The lowest BCUT2D eigenvalue weighted by Gasteiger charge is -2.29. The van der Waals surface area contributed by atoms with Gasteiger partial charge in [0.25, 0.3) is 0 Å². The van der Waals surface area contributed by atoms with Gasteiger partial charge in [0.15, 0.2) is 9.84 Å². The fourth-order valence-corrected chi connectivity index (χ4v) is 2.25. The molecule has 1 aromatic rings. The highest BCUT2D eigenvalue weighted by Crippen LogP contribution is 2.21. The van der Waals surface area contributed by atoms with Crippen LogP contribution in [0, 0.1) is 6.92 Å². The molecule has 0 atom stereocenters. The molecule has 0 spiro atoms. The minimum atomic E-state index is -3.12. The zero-order valence-electron chi connectivity index (χ0n) is 9.45. The first-order valence-electron chi connectivity index (χ1n) is 5.25. The van der Waals surface area contributed by atoms with Gasteiger partial charge in [-0.2, -0.15) is 0 Å². The second-order valence-corrected chi connectivity index (χ2v) is 6.26. The van der Waals surface area contributed by atoms with E-state index in [9.17, 15) is 8.42 Å². The molecule has 1 aromatic carbocycles. The van der Waals surface area contributed by atoms with Gasteiger partial charge >= 0.3 is 0 Å². The minimum absolute atomic E-state index is 0.368. The van der Waals surface area contributed by atoms with Crippen LogP contribution in [0.15, 0.2) is 23.1 Å². The summed E-state index contributed by atoms with van der Waals surface area (Å²) in [5.74, 6) is 0. The summed E-state index contributed by atoms with van der Waals surface area (Å²) in [5.41, 5.74) is 1.98. The summed E-state index contributed by atoms with van der Waals surface area (Å²) in [4.78, 5) is 0.368. The van der Waals surface area contributed by atoms with Crippen LogP contribution in [0.25, 0.3) is 0 Å². The maximum Gasteiger partial charge on any atom is 0.175 e. The fraction of sp³-hybridized carbons (Fsp3) is 0.455. The number of rotatable bonds is 3. The van der Waals surface area contributed by atoms with Gasteiger partial charge in [0.1, 0.15) is 0 Å². The number of hydrogen-bond acceptors (Lipinski definition) is 4. The molecule has 1 saturated heterocycles. The van der Waals surface area contributed by atoms with Crippen LogP contribution in [-0.2, 0) is 9.84 Å². The van der Waals surface area contributed by atoms with Crippen LogP contribution in [0.1, 0.15) is 5.56 Å². The van der Waals surface area contributed by atoms with Gasteiger partial charge < -0.3 is 10.6 Å². The van der Waals surface area contributed by atoms with E-state index in [2.05, 4.69) is 10.6 Å². The van der Waals surface area contributed by atoms with E-state index < -0.39 is 9.84 Å². The highest BCUT2D eigenvalue weighted by molar-refractivity contribution is 7.90. The lowest BCUT2D eigenvalue weighted by Crippen LogP contribution is -2.51. The molecule has 1 fully saturated rings. The fourth-order valence-electron chi connectivity index (χ4n) is 1.60.